The van der Waals surface area contributed by atoms with Gasteiger partial charge in [0, 0.05) is 32.7 Å². The van der Waals surface area contributed by atoms with Gasteiger partial charge in [-0.05, 0) is 24.7 Å². The molecule has 0 unspecified atom stereocenters. The molecule has 18 heavy (non-hydrogen) atoms. The number of amides is 2. The van der Waals surface area contributed by atoms with E-state index < -0.39 is 0 Å². The first-order valence-corrected chi connectivity index (χ1v) is 6.14. The fourth-order valence-electron chi connectivity index (χ4n) is 1.91. The molecule has 0 bridgehead atoms. The van der Waals surface area contributed by atoms with Gasteiger partial charge in [0.2, 0.25) is 0 Å². The first-order valence-electron chi connectivity index (χ1n) is 6.14. The Labute approximate surface area is 107 Å². The third-order valence-electron chi connectivity index (χ3n) is 3.17. The highest BCUT2D eigenvalue weighted by molar-refractivity contribution is 5.74. The zero-order valence-electron chi connectivity index (χ0n) is 10.6. The summed E-state index contributed by atoms with van der Waals surface area (Å²) in [5.41, 5.74) is 0.982. The number of nitrogens with zero attached hydrogens (tertiary/aromatic N) is 2. The SMILES string of the molecule is CN1CCN(C(=O)NCc2ccc(O)cc2)CC1. The number of hydrogen-bond acceptors (Lipinski definition) is 3. The van der Waals surface area contributed by atoms with Crippen LogP contribution in [-0.4, -0.2) is 54.2 Å². The molecule has 1 aromatic rings. The van der Waals surface area contributed by atoms with Crippen LogP contribution in [0.2, 0.25) is 0 Å². The molecule has 2 rings (SSSR count). The minimum Gasteiger partial charge on any atom is -0.508 e. The fourth-order valence-corrected chi connectivity index (χ4v) is 1.91. The molecule has 98 valence electrons. The molecule has 0 saturated carbocycles. The molecular weight excluding hydrogens is 230 g/mol. The number of urea groups is 1. The molecule has 0 radical (unpaired) electrons. The van der Waals surface area contributed by atoms with E-state index in [1.54, 1.807) is 24.3 Å². The lowest BCUT2D eigenvalue weighted by atomic mass is 10.2. The standard InChI is InChI=1S/C13H19N3O2/c1-15-6-8-16(9-7-15)13(18)14-10-11-2-4-12(17)5-3-11/h2-5,17H,6-10H2,1H3,(H,14,18). The number of nitrogens with one attached hydrogen (secondary N) is 1. The Kier molecular flexibility index (Phi) is 4.04. The van der Waals surface area contributed by atoms with E-state index in [0.29, 0.717) is 6.54 Å². The molecule has 2 amide bonds. The van der Waals surface area contributed by atoms with Gasteiger partial charge in [-0.1, -0.05) is 12.1 Å². The summed E-state index contributed by atoms with van der Waals surface area (Å²) in [4.78, 5) is 15.9. The van der Waals surface area contributed by atoms with Gasteiger partial charge in [-0.15, -0.1) is 0 Å². The maximum Gasteiger partial charge on any atom is 0.317 e. The van der Waals surface area contributed by atoms with E-state index in [2.05, 4.69) is 17.3 Å². The summed E-state index contributed by atoms with van der Waals surface area (Å²) in [5, 5.41) is 12.1. The number of piperazine rings is 1. The van der Waals surface area contributed by atoms with E-state index in [1.165, 1.54) is 0 Å². The minimum absolute atomic E-state index is 0.0174. The molecule has 1 aliphatic rings. The van der Waals surface area contributed by atoms with E-state index >= 15 is 0 Å². The van der Waals surface area contributed by atoms with Gasteiger partial charge in [0.1, 0.15) is 5.75 Å². The van der Waals surface area contributed by atoms with Gasteiger partial charge in [-0.3, -0.25) is 0 Å². The molecule has 1 heterocycles. The molecule has 5 nitrogen and oxygen atoms in total. The van der Waals surface area contributed by atoms with Crippen molar-refractivity contribution in [2.45, 2.75) is 6.54 Å². The van der Waals surface area contributed by atoms with E-state index in [-0.39, 0.29) is 11.8 Å². The van der Waals surface area contributed by atoms with Crippen LogP contribution >= 0.6 is 0 Å². The van der Waals surface area contributed by atoms with Crippen LogP contribution in [0.5, 0.6) is 5.75 Å². The van der Waals surface area contributed by atoms with Crippen molar-refractivity contribution in [3.8, 4) is 5.75 Å². The summed E-state index contributed by atoms with van der Waals surface area (Å²) >= 11 is 0. The zero-order valence-corrected chi connectivity index (χ0v) is 10.6. The molecule has 0 atom stereocenters. The van der Waals surface area contributed by atoms with Crippen molar-refractivity contribution in [1.82, 2.24) is 15.1 Å². The highest BCUT2D eigenvalue weighted by atomic mass is 16.3. The van der Waals surface area contributed by atoms with E-state index in [9.17, 15) is 4.79 Å². The molecule has 1 saturated heterocycles. The normalized spacial score (nSPS) is 16.6. The lowest BCUT2D eigenvalue weighted by molar-refractivity contribution is 0.154. The Bertz CT molecular complexity index is 397. The Balaban J connectivity index is 1.79. The largest absolute Gasteiger partial charge is 0.508 e. The number of benzene rings is 1. The van der Waals surface area contributed by atoms with Crippen molar-refractivity contribution in [3.63, 3.8) is 0 Å². The fraction of sp³-hybridized carbons (Fsp3) is 0.462. The molecule has 0 aliphatic carbocycles. The zero-order chi connectivity index (χ0) is 13.0. The van der Waals surface area contributed by atoms with Crippen molar-refractivity contribution in [1.29, 1.82) is 0 Å². The van der Waals surface area contributed by atoms with Crippen molar-refractivity contribution >= 4 is 6.03 Å². The van der Waals surface area contributed by atoms with Crippen LogP contribution in [0.25, 0.3) is 0 Å². The highest BCUT2D eigenvalue weighted by Crippen LogP contribution is 2.09. The minimum atomic E-state index is -0.0174. The molecule has 1 aliphatic heterocycles. The van der Waals surface area contributed by atoms with Crippen molar-refractivity contribution in [3.05, 3.63) is 29.8 Å². The first kappa shape index (κ1) is 12.7. The summed E-state index contributed by atoms with van der Waals surface area (Å²) in [5.74, 6) is 0.240. The van der Waals surface area contributed by atoms with E-state index in [4.69, 9.17) is 5.11 Å². The van der Waals surface area contributed by atoms with Gasteiger partial charge < -0.3 is 20.2 Å². The molecule has 0 spiro atoms. The van der Waals surface area contributed by atoms with Crippen LogP contribution in [-0.2, 0) is 6.54 Å². The van der Waals surface area contributed by atoms with Gasteiger partial charge in [0.15, 0.2) is 0 Å². The second kappa shape index (κ2) is 5.73. The van der Waals surface area contributed by atoms with Crippen LogP contribution in [0.3, 0.4) is 0 Å². The summed E-state index contributed by atoms with van der Waals surface area (Å²) in [6, 6.07) is 6.84. The number of carbonyl (C=O) groups is 1. The quantitative estimate of drug-likeness (QED) is 0.817. The Morgan fingerprint density at radius 1 is 1.22 bits per heavy atom. The third-order valence-corrected chi connectivity index (χ3v) is 3.17. The summed E-state index contributed by atoms with van der Waals surface area (Å²) in [6.45, 7) is 3.89. The second-order valence-corrected chi connectivity index (χ2v) is 4.62. The molecule has 0 aromatic heterocycles. The van der Waals surface area contributed by atoms with Gasteiger partial charge in [-0.25, -0.2) is 4.79 Å². The topological polar surface area (TPSA) is 55.8 Å². The van der Waals surface area contributed by atoms with Crippen molar-refractivity contribution in [2.24, 2.45) is 0 Å². The summed E-state index contributed by atoms with van der Waals surface area (Å²) in [7, 11) is 2.06. The van der Waals surface area contributed by atoms with Gasteiger partial charge in [0.05, 0.1) is 0 Å². The second-order valence-electron chi connectivity index (χ2n) is 4.62. The predicted molar refractivity (Wildman–Crippen MR) is 69.4 cm³/mol. The average Bonchev–Trinajstić information content (AvgIpc) is 2.38. The van der Waals surface area contributed by atoms with Crippen LogP contribution in [0.4, 0.5) is 4.79 Å². The van der Waals surface area contributed by atoms with Gasteiger partial charge in [-0.2, -0.15) is 0 Å². The number of rotatable bonds is 2. The number of likely N-dealkylation sites (N-methyl/N-ethyl adjacent to an activating group) is 1. The Hall–Kier alpha value is -1.75. The average molecular weight is 249 g/mol. The molecule has 2 N–H and O–H groups in total. The monoisotopic (exact) mass is 249 g/mol. The first-order chi connectivity index (χ1) is 8.65. The number of phenols is 1. The lowest BCUT2D eigenvalue weighted by Gasteiger charge is -2.32. The van der Waals surface area contributed by atoms with Crippen molar-refractivity contribution in [2.75, 3.05) is 33.2 Å². The maximum atomic E-state index is 11.9. The van der Waals surface area contributed by atoms with Gasteiger partial charge >= 0.3 is 6.03 Å². The lowest BCUT2D eigenvalue weighted by Crippen LogP contribution is -2.50. The number of carbonyl (C=O) groups excluding carboxylic acids is 1. The van der Waals surface area contributed by atoms with Crippen LogP contribution < -0.4 is 5.32 Å². The summed E-state index contributed by atoms with van der Waals surface area (Å²) < 4.78 is 0. The van der Waals surface area contributed by atoms with Gasteiger partial charge in [0.25, 0.3) is 0 Å². The van der Waals surface area contributed by atoms with Crippen LogP contribution in [0, 0.1) is 0 Å². The third kappa shape index (κ3) is 3.37. The molecule has 1 aromatic carbocycles. The van der Waals surface area contributed by atoms with E-state index in [1.807, 2.05) is 4.90 Å². The Morgan fingerprint density at radius 2 is 1.83 bits per heavy atom. The molecule has 1 fully saturated rings. The number of aromatic hydroxyl groups is 1. The molecular formula is C13H19N3O2. The summed E-state index contributed by atoms with van der Waals surface area (Å²) in [6.07, 6.45) is 0. The number of phenolic OH excluding ortho intramolecular Hbond substituents is 1. The van der Waals surface area contributed by atoms with Crippen molar-refractivity contribution < 1.29 is 9.90 Å². The van der Waals surface area contributed by atoms with E-state index in [0.717, 1.165) is 31.7 Å². The highest BCUT2D eigenvalue weighted by Gasteiger charge is 2.18. The molecule has 5 heteroatoms. The predicted octanol–water partition coefficient (Wildman–Crippen LogP) is 0.849. The number of hydrogen-bond donors (Lipinski definition) is 2. The maximum absolute atomic E-state index is 11.9. The Morgan fingerprint density at radius 3 is 2.44 bits per heavy atom. The van der Waals surface area contributed by atoms with Crippen LogP contribution in [0.1, 0.15) is 5.56 Å². The van der Waals surface area contributed by atoms with Crippen LogP contribution in [0.15, 0.2) is 24.3 Å². The smallest absolute Gasteiger partial charge is 0.317 e.